The molecule has 2 saturated heterocycles. The summed E-state index contributed by atoms with van der Waals surface area (Å²) >= 11 is 1.24. The molecule has 0 radical (unpaired) electrons. The van der Waals surface area contributed by atoms with Crippen molar-refractivity contribution in [3.63, 3.8) is 0 Å². The summed E-state index contributed by atoms with van der Waals surface area (Å²) in [4.78, 5) is 35.8. The summed E-state index contributed by atoms with van der Waals surface area (Å²) in [7, 11) is 2.18. The molecular formula is C34H46N8OS. The summed E-state index contributed by atoms with van der Waals surface area (Å²) in [6.07, 6.45) is 5.01. The van der Waals surface area contributed by atoms with Gasteiger partial charge in [-0.1, -0.05) is 26.8 Å². The van der Waals surface area contributed by atoms with Crippen molar-refractivity contribution in [2.24, 2.45) is 5.92 Å². The largest absolute Gasteiger partial charge is 0.368 e. The number of carbonyl (C=O) groups is 1. The van der Waals surface area contributed by atoms with Crippen LogP contribution in [0.3, 0.4) is 0 Å². The lowest BCUT2D eigenvalue weighted by atomic mass is 9.90. The van der Waals surface area contributed by atoms with Crippen LogP contribution in [0.4, 0.5) is 17.3 Å². The van der Waals surface area contributed by atoms with Gasteiger partial charge in [0.05, 0.1) is 29.2 Å². The maximum absolute atomic E-state index is 13.6. The van der Waals surface area contributed by atoms with Crippen LogP contribution in [0, 0.1) is 5.92 Å². The van der Waals surface area contributed by atoms with E-state index >= 15 is 0 Å². The molecule has 6 heterocycles. The Balaban J connectivity index is 1.32. The normalized spacial score (nSPS) is 22.8. The van der Waals surface area contributed by atoms with Crippen LogP contribution in [0.5, 0.6) is 0 Å². The molecule has 10 heteroatoms. The Morgan fingerprint density at radius 1 is 0.977 bits per heavy atom. The monoisotopic (exact) mass is 614 g/mol. The number of hydrogen-bond acceptors (Lipinski definition) is 9. The lowest BCUT2D eigenvalue weighted by molar-refractivity contribution is 0.0984. The number of likely N-dealkylation sites (N-methyl/N-ethyl adjacent to an activating group) is 1. The quantitative estimate of drug-likeness (QED) is 0.342. The zero-order valence-electron chi connectivity index (χ0n) is 26.9. The molecule has 0 spiro atoms. The number of amides is 1. The van der Waals surface area contributed by atoms with Gasteiger partial charge in [0.1, 0.15) is 16.7 Å². The van der Waals surface area contributed by atoms with Gasteiger partial charge in [-0.2, -0.15) is 0 Å². The molecule has 234 valence electrons. The van der Waals surface area contributed by atoms with Crippen LogP contribution in [0.2, 0.25) is 0 Å². The molecule has 1 unspecified atom stereocenters. The lowest BCUT2D eigenvalue weighted by Crippen LogP contribution is -2.44. The highest BCUT2D eigenvalue weighted by molar-refractivity contribution is 7.97. The molecule has 1 amide bonds. The van der Waals surface area contributed by atoms with E-state index in [2.05, 4.69) is 78.5 Å². The molecule has 3 aromatic rings. The third-order valence-electron chi connectivity index (χ3n) is 9.26. The van der Waals surface area contributed by atoms with Gasteiger partial charge in [0, 0.05) is 61.3 Å². The van der Waals surface area contributed by atoms with E-state index in [4.69, 9.17) is 15.0 Å². The fraction of sp³-hybridized carbons (Fsp3) is 0.529. The number of nitrogens with zero attached hydrogens (tertiary/aromatic N) is 6. The first kappa shape index (κ1) is 30.6. The van der Waals surface area contributed by atoms with Crippen molar-refractivity contribution in [2.75, 3.05) is 54.9 Å². The molecule has 2 fully saturated rings. The molecule has 44 heavy (non-hydrogen) atoms. The van der Waals surface area contributed by atoms with Crippen molar-refractivity contribution in [1.29, 1.82) is 0 Å². The summed E-state index contributed by atoms with van der Waals surface area (Å²) in [5.41, 5.74) is 3.53. The molecule has 0 aliphatic carbocycles. The Kier molecular flexibility index (Phi) is 8.50. The second kappa shape index (κ2) is 12.2. The Morgan fingerprint density at radius 3 is 2.50 bits per heavy atom. The molecule has 0 aromatic carbocycles. The van der Waals surface area contributed by atoms with Crippen molar-refractivity contribution in [2.45, 2.75) is 75.9 Å². The smallest absolute Gasteiger partial charge is 0.265 e. The van der Waals surface area contributed by atoms with Gasteiger partial charge in [-0.3, -0.25) is 14.5 Å². The van der Waals surface area contributed by atoms with Crippen molar-refractivity contribution in [3.05, 3.63) is 65.6 Å². The number of hydrogen-bond donors (Lipinski definition) is 2. The number of nitrogens with one attached hydrogen (secondary N) is 2. The van der Waals surface area contributed by atoms with Gasteiger partial charge in [-0.05, 0) is 82.5 Å². The van der Waals surface area contributed by atoms with Crippen LogP contribution in [-0.4, -0.2) is 71.1 Å². The molecule has 3 aliphatic heterocycles. The molecule has 0 saturated carbocycles. The Bertz CT molecular complexity index is 1480. The predicted octanol–water partition coefficient (Wildman–Crippen LogP) is 5.91. The molecule has 4 bridgehead atoms. The second-order valence-electron chi connectivity index (χ2n) is 14.2. The average Bonchev–Trinajstić information content (AvgIpc) is 3.31. The zero-order chi connectivity index (χ0) is 31.1. The number of aromatic nitrogens is 3. The first-order valence-electron chi connectivity index (χ1n) is 15.9. The van der Waals surface area contributed by atoms with E-state index in [0.29, 0.717) is 11.5 Å². The highest BCUT2D eigenvalue weighted by Gasteiger charge is 2.41. The molecule has 2 atom stereocenters. The number of rotatable bonds is 2. The minimum absolute atomic E-state index is 0.0130. The SMILES string of the molecule is CN1CCN(c2ccc(C3CC[C@@H]4CN(c5nc(C(C)(C)C)ccc5C(=O)NSc5cccc(n5)N3)C(C)(C)C4)nc2)CC1. The summed E-state index contributed by atoms with van der Waals surface area (Å²) < 4.78 is 3.04. The maximum Gasteiger partial charge on any atom is 0.265 e. The highest BCUT2D eigenvalue weighted by atomic mass is 32.2. The predicted molar refractivity (Wildman–Crippen MR) is 180 cm³/mol. The van der Waals surface area contributed by atoms with Crippen LogP contribution in [0.25, 0.3) is 0 Å². The minimum atomic E-state index is -0.158. The molecule has 3 aliphatic rings. The van der Waals surface area contributed by atoms with Crippen molar-refractivity contribution in [3.8, 4) is 0 Å². The van der Waals surface area contributed by atoms with Gasteiger partial charge in [0.2, 0.25) is 0 Å². The average molecular weight is 615 g/mol. The maximum atomic E-state index is 13.6. The molecule has 2 N–H and O–H groups in total. The number of fused-ring (bicyclic) bond motifs is 6. The molecular weight excluding hydrogens is 568 g/mol. The van der Waals surface area contributed by atoms with E-state index in [1.54, 1.807) is 0 Å². The number of anilines is 3. The first-order chi connectivity index (χ1) is 21.0. The standard InChI is InChI=1S/C34H46N8OS/c1-33(2,3)28-15-12-25-31(37-28)42-22-23(20-34(42,4)5)10-13-27(36-29-8-7-9-30(38-29)44-39-32(25)43)26-14-11-24(21-35-26)41-18-16-40(6)17-19-41/h7-9,11-12,14-15,21,23,27H,10,13,16-20,22H2,1-6H3,(H,36,38)(H,39,43)/t23-,27?/m0/s1. The summed E-state index contributed by atoms with van der Waals surface area (Å²) in [6.45, 7) is 16.1. The van der Waals surface area contributed by atoms with E-state index in [-0.39, 0.29) is 22.9 Å². The minimum Gasteiger partial charge on any atom is -0.368 e. The van der Waals surface area contributed by atoms with Crippen molar-refractivity contribution in [1.82, 2.24) is 24.6 Å². The van der Waals surface area contributed by atoms with Crippen LogP contribution >= 0.6 is 11.9 Å². The Labute approximate surface area is 266 Å². The lowest BCUT2D eigenvalue weighted by Gasteiger charge is -2.34. The van der Waals surface area contributed by atoms with Gasteiger partial charge in [0.25, 0.3) is 5.91 Å². The van der Waals surface area contributed by atoms with E-state index in [0.717, 1.165) is 80.0 Å². The number of pyridine rings is 3. The Hall–Kier alpha value is -3.37. The zero-order valence-corrected chi connectivity index (χ0v) is 27.7. The third-order valence-corrected chi connectivity index (χ3v) is 9.98. The van der Waals surface area contributed by atoms with Crippen LogP contribution in [0.1, 0.15) is 81.7 Å². The highest BCUT2D eigenvalue weighted by Crippen LogP contribution is 2.41. The van der Waals surface area contributed by atoms with Crippen molar-refractivity contribution >= 4 is 35.2 Å². The Morgan fingerprint density at radius 2 is 1.77 bits per heavy atom. The van der Waals surface area contributed by atoms with E-state index in [9.17, 15) is 4.79 Å². The van der Waals surface area contributed by atoms with Crippen LogP contribution < -0.4 is 19.8 Å². The first-order valence-corrected chi connectivity index (χ1v) is 16.7. The molecule has 3 aromatic heterocycles. The van der Waals surface area contributed by atoms with Gasteiger partial charge in [0.15, 0.2) is 0 Å². The topological polar surface area (TPSA) is 89.5 Å². The molecule has 9 nitrogen and oxygen atoms in total. The third kappa shape index (κ3) is 6.66. The summed E-state index contributed by atoms with van der Waals surface area (Å²) in [5.74, 6) is 1.85. The number of carbonyl (C=O) groups excluding carboxylic acids is 1. The van der Waals surface area contributed by atoms with Gasteiger partial charge >= 0.3 is 0 Å². The number of piperazine rings is 1. The fourth-order valence-electron chi connectivity index (χ4n) is 6.64. The van der Waals surface area contributed by atoms with Gasteiger partial charge in [-0.25, -0.2) is 9.97 Å². The van der Waals surface area contributed by atoms with Gasteiger partial charge in [-0.15, -0.1) is 0 Å². The van der Waals surface area contributed by atoms with E-state index in [1.165, 1.54) is 17.6 Å². The van der Waals surface area contributed by atoms with Crippen LogP contribution in [-0.2, 0) is 5.41 Å². The van der Waals surface area contributed by atoms with Crippen molar-refractivity contribution < 1.29 is 4.79 Å². The molecule has 6 rings (SSSR count). The fourth-order valence-corrected chi connectivity index (χ4v) is 7.24. The van der Waals surface area contributed by atoms with E-state index in [1.807, 2.05) is 36.5 Å². The summed E-state index contributed by atoms with van der Waals surface area (Å²) in [5, 5.41) is 4.42. The second-order valence-corrected chi connectivity index (χ2v) is 15.0. The van der Waals surface area contributed by atoms with Crippen LogP contribution in [0.15, 0.2) is 53.7 Å². The van der Waals surface area contributed by atoms with E-state index < -0.39 is 0 Å². The van der Waals surface area contributed by atoms with Gasteiger partial charge < -0.3 is 20.0 Å². The summed E-state index contributed by atoms with van der Waals surface area (Å²) in [6, 6.07) is 14.2.